The van der Waals surface area contributed by atoms with E-state index in [0.29, 0.717) is 16.7 Å². The molecule has 3 rings (SSSR count). The van der Waals surface area contributed by atoms with Crippen LogP contribution < -0.4 is 4.72 Å². The van der Waals surface area contributed by atoms with Crippen molar-refractivity contribution in [3.05, 3.63) is 54.1 Å². The van der Waals surface area contributed by atoms with E-state index in [2.05, 4.69) is 18.6 Å². The minimum atomic E-state index is -3.89. The zero-order chi connectivity index (χ0) is 24.4. The zero-order valence-corrected chi connectivity index (χ0v) is 20.4. The molecule has 0 aliphatic rings. The van der Waals surface area contributed by atoms with Gasteiger partial charge in [-0.25, -0.2) is 17.8 Å². The highest BCUT2D eigenvalue weighted by Crippen LogP contribution is 2.28. The van der Waals surface area contributed by atoms with Gasteiger partial charge in [-0.2, -0.15) is 0 Å². The van der Waals surface area contributed by atoms with Gasteiger partial charge in [0.15, 0.2) is 0 Å². The first-order valence-electron chi connectivity index (χ1n) is 10.9. The summed E-state index contributed by atoms with van der Waals surface area (Å²) in [7, 11) is -3.89. The molecule has 178 valence electrons. The Morgan fingerprint density at radius 3 is 2.45 bits per heavy atom. The van der Waals surface area contributed by atoms with Crippen LogP contribution >= 0.6 is 0 Å². The second kappa shape index (κ2) is 9.51. The maximum absolute atomic E-state index is 13.2. The van der Waals surface area contributed by atoms with Crippen molar-refractivity contribution in [1.82, 2.24) is 9.55 Å². The highest BCUT2D eigenvalue weighted by Gasteiger charge is 2.22. The molecule has 0 bridgehead atoms. The van der Waals surface area contributed by atoms with Crippen molar-refractivity contribution in [3.63, 3.8) is 0 Å². The number of sulfonamides is 1. The fourth-order valence-electron chi connectivity index (χ4n) is 3.65. The standard InChI is InChI=1S/C24H30FN3O4S/c1-6-7-16(2)23-26-20-14-18(27-33(30,31)19-11-8-17(25)9-12-19)10-13-21(20)28(23)15-22(29)32-24(3,4)5/h8-14,16,27H,6-7,15H2,1-5H3. The number of nitrogens with one attached hydrogen (secondary N) is 1. The molecule has 1 atom stereocenters. The van der Waals surface area contributed by atoms with Crippen LogP contribution in [0.4, 0.5) is 10.1 Å². The van der Waals surface area contributed by atoms with Crippen LogP contribution in [0.3, 0.4) is 0 Å². The van der Waals surface area contributed by atoms with Gasteiger partial charge >= 0.3 is 5.97 Å². The van der Waals surface area contributed by atoms with Gasteiger partial charge in [-0.15, -0.1) is 0 Å². The fourth-order valence-corrected chi connectivity index (χ4v) is 4.70. The molecule has 1 heterocycles. The van der Waals surface area contributed by atoms with E-state index in [4.69, 9.17) is 9.72 Å². The monoisotopic (exact) mass is 475 g/mol. The first-order valence-corrected chi connectivity index (χ1v) is 12.4. The maximum atomic E-state index is 13.2. The molecule has 1 unspecified atom stereocenters. The van der Waals surface area contributed by atoms with Gasteiger partial charge in [0.1, 0.15) is 23.8 Å². The number of anilines is 1. The molecule has 9 heteroatoms. The molecule has 0 saturated carbocycles. The van der Waals surface area contributed by atoms with Gasteiger partial charge in [-0.3, -0.25) is 9.52 Å². The number of fused-ring (bicyclic) bond motifs is 1. The molecule has 1 N–H and O–H groups in total. The number of ether oxygens (including phenoxy) is 1. The van der Waals surface area contributed by atoms with Crippen LogP contribution in [0.15, 0.2) is 47.4 Å². The van der Waals surface area contributed by atoms with Crippen LogP contribution in [0, 0.1) is 5.82 Å². The van der Waals surface area contributed by atoms with Crippen LogP contribution in [-0.2, 0) is 26.1 Å². The number of halogens is 1. The summed E-state index contributed by atoms with van der Waals surface area (Å²) in [5.41, 5.74) is 0.997. The third-order valence-corrected chi connectivity index (χ3v) is 6.42. The van der Waals surface area contributed by atoms with E-state index in [1.54, 1.807) is 18.2 Å². The number of carbonyl (C=O) groups is 1. The Morgan fingerprint density at radius 1 is 1.18 bits per heavy atom. The molecule has 7 nitrogen and oxygen atoms in total. The maximum Gasteiger partial charge on any atom is 0.326 e. The Kier molecular flexibility index (Phi) is 7.11. The normalized spacial score (nSPS) is 13.2. The molecule has 0 amide bonds. The SMILES string of the molecule is CCCC(C)c1nc2cc(NS(=O)(=O)c3ccc(F)cc3)ccc2n1CC(=O)OC(C)(C)C. The lowest BCUT2D eigenvalue weighted by Crippen LogP contribution is -2.27. The zero-order valence-electron chi connectivity index (χ0n) is 19.6. The van der Waals surface area contributed by atoms with E-state index < -0.39 is 21.4 Å². The van der Waals surface area contributed by atoms with Crippen LogP contribution in [0.1, 0.15) is 59.2 Å². The van der Waals surface area contributed by atoms with Crippen molar-refractivity contribution in [2.45, 2.75) is 70.4 Å². The molecule has 0 radical (unpaired) electrons. The van der Waals surface area contributed by atoms with Crippen molar-refractivity contribution in [1.29, 1.82) is 0 Å². The number of benzene rings is 2. The Labute approximate surface area is 194 Å². The molecule has 0 fully saturated rings. The summed E-state index contributed by atoms with van der Waals surface area (Å²) in [6, 6.07) is 9.58. The molecule has 0 spiro atoms. The second-order valence-electron chi connectivity index (χ2n) is 9.10. The van der Waals surface area contributed by atoms with Gasteiger partial charge in [0.2, 0.25) is 0 Å². The Balaban J connectivity index is 1.97. The lowest BCUT2D eigenvalue weighted by atomic mass is 10.1. The number of imidazole rings is 1. The molecule has 0 aliphatic carbocycles. The van der Waals surface area contributed by atoms with E-state index >= 15 is 0 Å². The first-order chi connectivity index (χ1) is 15.4. The number of carbonyl (C=O) groups excluding carboxylic acids is 1. The first kappa shape index (κ1) is 24.7. The number of hydrogen-bond donors (Lipinski definition) is 1. The third kappa shape index (κ3) is 6.10. The topological polar surface area (TPSA) is 90.3 Å². The molecule has 1 aromatic heterocycles. The molecular weight excluding hydrogens is 445 g/mol. The second-order valence-corrected chi connectivity index (χ2v) is 10.8. The highest BCUT2D eigenvalue weighted by molar-refractivity contribution is 7.92. The summed E-state index contributed by atoms with van der Waals surface area (Å²) in [6.45, 7) is 9.59. The average Bonchev–Trinajstić information content (AvgIpc) is 3.04. The third-order valence-electron chi connectivity index (χ3n) is 5.02. The minimum absolute atomic E-state index is 0.0117. The summed E-state index contributed by atoms with van der Waals surface area (Å²) in [5.74, 6) is -0.0343. The molecular formula is C24H30FN3O4S. The van der Waals surface area contributed by atoms with Gasteiger partial charge in [0, 0.05) is 5.92 Å². The molecule has 0 aliphatic heterocycles. The van der Waals surface area contributed by atoms with E-state index in [0.717, 1.165) is 30.8 Å². The van der Waals surface area contributed by atoms with Crippen molar-refractivity contribution >= 4 is 32.7 Å². The van der Waals surface area contributed by atoms with Crippen LogP contribution in [0.2, 0.25) is 0 Å². The van der Waals surface area contributed by atoms with E-state index in [9.17, 15) is 17.6 Å². The molecule has 2 aromatic carbocycles. The fraction of sp³-hybridized carbons (Fsp3) is 0.417. The van der Waals surface area contributed by atoms with Gasteiger partial charge < -0.3 is 9.30 Å². The minimum Gasteiger partial charge on any atom is -0.459 e. The quantitative estimate of drug-likeness (QED) is 0.451. The number of esters is 1. The molecule has 33 heavy (non-hydrogen) atoms. The highest BCUT2D eigenvalue weighted by atomic mass is 32.2. The van der Waals surface area contributed by atoms with E-state index in [1.807, 2.05) is 25.3 Å². The van der Waals surface area contributed by atoms with E-state index in [-0.39, 0.29) is 23.3 Å². The predicted octanol–water partition coefficient (Wildman–Crippen LogP) is 5.22. The lowest BCUT2D eigenvalue weighted by molar-refractivity contribution is -0.155. The predicted molar refractivity (Wildman–Crippen MR) is 126 cm³/mol. The number of nitrogens with zero attached hydrogens (tertiary/aromatic N) is 2. The summed E-state index contributed by atoms with van der Waals surface area (Å²) < 4.78 is 48.3. The van der Waals surface area contributed by atoms with E-state index in [1.165, 1.54) is 12.1 Å². The van der Waals surface area contributed by atoms with Gasteiger partial charge in [-0.05, 0) is 69.7 Å². The van der Waals surface area contributed by atoms with Crippen LogP contribution in [0.25, 0.3) is 11.0 Å². The Bertz CT molecular complexity index is 1250. The number of hydrogen-bond acceptors (Lipinski definition) is 5. The lowest BCUT2D eigenvalue weighted by Gasteiger charge is -2.21. The largest absolute Gasteiger partial charge is 0.459 e. The van der Waals surface area contributed by atoms with Gasteiger partial charge in [0.05, 0.1) is 21.6 Å². The Morgan fingerprint density at radius 2 is 1.85 bits per heavy atom. The van der Waals surface area contributed by atoms with Crippen molar-refractivity contribution in [2.75, 3.05) is 4.72 Å². The average molecular weight is 476 g/mol. The summed E-state index contributed by atoms with van der Waals surface area (Å²) in [5, 5.41) is 0. The Hall–Kier alpha value is -2.94. The van der Waals surface area contributed by atoms with Crippen LogP contribution in [-0.4, -0.2) is 29.5 Å². The van der Waals surface area contributed by atoms with Crippen LogP contribution in [0.5, 0.6) is 0 Å². The van der Waals surface area contributed by atoms with Crippen molar-refractivity contribution in [3.8, 4) is 0 Å². The number of rotatable bonds is 8. The number of aromatic nitrogens is 2. The van der Waals surface area contributed by atoms with Gasteiger partial charge in [0.25, 0.3) is 10.0 Å². The van der Waals surface area contributed by atoms with Crippen molar-refractivity contribution in [2.24, 2.45) is 0 Å². The smallest absolute Gasteiger partial charge is 0.326 e. The van der Waals surface area contributed by atoms with Gasteiger partial charge in [-0.1, -0.05) is 20.3 Å². The summed E-state index contributed by atoms with van der Waals surface area (Å²) >= 11 is 0. The molecule has 0 saturated heterocycles. The summed E-state index contributed by atoms with van der Waals surface area (Å²) in [4.78, 5) is 17.2. The molecule has 3 aromatic rings. The summed E-state index contributed by atoms with van der Waals surface area (Å²) in [6.07, 6.45) is 1.85. The van der Waals surface area contributed by atoms with Crippen molar-refractivity contribution < 1.29 is 22.3 Å².